The Hall–Kier alpha value is -2.20. The maximum atomic E-state index is 9.10. The van der Waals surface area contributed by atoms with Crippen molar-refractivity contribution in [2.75, 3.05) is 52.5 Å². The molecule has 1 heterocycles. The number of nitrogens with one attached hydrogen (secondary N) is 1. The van der Waals surface area contributed by atoms with Crippen LogP contribution in [0.4, 0.5) is 0 Å². The van der Waals surface area contributed by atoms with Gasteiger partial charge >= 0.3 is 11.9 Å². The number of carboxylic acid groups (broad SMARTS) is 2. The maximum absolute atomic E-state index is 9.10. The molecule has 0 radical (unpaired) electrons. The van der Waals surface area contributed by atoms with Crippen molar-refractivity contribution in [3.63, 3.8) is 0 Å². The molecule has 29 heavy (non-hydrogen) atoms. The number of ether oxygens (including phenoxy) is 2. The average molecular weight is 469 g/mol. The van der Waals surface area contributed by atoms with Crippen molar-refractivity contribution in [2.45, 2.75) is 0 Å². The van der Waals surface area contributed by atoms with Gasteiger partial charge < -0.3 is 25.0 Å². The van der Waals surface area contributed by atoms with Gasteiger partial charge in [0.05, 0.1) is 17.7 Å². The van der Waals surface area contributed by atoms with Crippen LogP contribution >= 0.6 is 15.9 Å². The van der Waals surface area contributed by atoms with Gasteiger partial charge in [-0.25, -0.2) is 9.59 Å². The average Bonchev–Trinajstić information content (AvgIpc) is 2.73. The van der Waals surface area contributed by atoms with Crippen molar-refractivity contribution >= 4 is 38.6 Å². The van der Waals surface area contributed by atoms with Crippen LogP contribution in [0.2, 0.25) is 0 Å². The molecule has 0 spiro atoms. The Kier molecular flexibility index (Phi) is 9.85. The fourth-order valence-corrected chi connectivity index (χ4v) is 3.35. The predicted octanol–water partition coefficient (Wildman–Crippen LogP) is 2.06. The van der Waals surface area contributed by atoms with E-state index in [0.29, 0.717) is 6.61 Å². The second kappa shape index (κ2) is 12.4. The van der Waals surface area contributed by atoms with Crippen molar-refractivity contribution in [3.8, 4) is 5.75 Å². The van der Waals surface area contributed by atoms with Crippen LogP contribution in [0.1, 0.15) is 0 Å². The number of aliphatic carboxylic acids is 2. The van der Waals surface area contributed by atoms with Crippen LogP contribution in [0.3, 0.4) is 0 Å². The second-order valence-corrected chi connectivity index (χ2v) is 7.05. The van der Waals surface area contributed by atoms with Crippen LogP contribution in [0.15, 0.2) is 40.9 Å². The summed E-state index contributed by atoms with van der Waals surface area (Å²) >= 11 is 3.65. The first kappa shape index (κ1) is 23.1. The lowest BCUT2D eigenvalue weighted by molar-refractivity contribution is -0.159. The minimum absolute atomic E-state index is 0.667. The van der Waals surface area contributed by atoms with Gasteiger partial charge in [-0.05, 0) is 32.8 Å². The van der Waals surface area contributed by atoms with E-state index in [2.05, 4.69) is 44.3 Å². The zero-order valence-electron chi connectivity index (χ0n) is 16.0. The highest BCUT2D eigenvalue weighted by Crippen LogP contribution is 2.32. The summed E-state index contributed by atoms with van der Waals surface area (Å²) in [7, 11) is 0. The second-order valence-electron chi connectivity index (χ2n) is 6.26. The quantitative estimate of drug-likeness (QED) is 0.418. The van der Waals surface area contributed by atoms with Crippen LogP contribution in [-0.2, 0) is 14.3 Å². The fourth-order valence-electron chi connectivity index (χ4n) is 2.75. The molecule has 9 heteroatoms. The Bertz CT molecular complexity index is 799. The molecule has 0 amide bonds. The van der Waals surface area contributed by atoms with E-state index in [1.165, 1.54) is 10.8 Å². The number of nitrogens with zero attached hydrogens (tertiary/aromatic N) is 1. The van der Waals surface area contributed by atoms with Gasteiger partial charge in [0, 0.05) is 32.7 Å². The number of morpholine rings is 1. The number of halogens is 1. The smallest absolute Gasteiger partial charge is 0.414 e. The summed E-state index contributed by atoms with van der Waals surface area (Å²) in [4.78, 5) is 20.6. The maximum Gasteiger partial charge on any atom is 0.414 e. The number of benzene rings is 2. The SMILES string of the molecule is Brc1c(OCCNCCN2CCOCC2)ccc2ccccc12.O=C(O)C(=O)O. The Balaban J connectivity index is 0.000000438. The third kappa shape index (κ3) is 7.98. The fraction of sp³-hybridized carbons (Fsp3) is 0.400. The molecule has 1 aliphatic rings. The lowest BCUT2D eigenvalue weighted by Crippen LogP contribution is -2.40. The summed E-state index contributed by atoms with van der Waals surface area (Å²) in [6.45, 7) is 7.39. The summed E-state index contributed by atoms with van der Waals surface area (Å²) in [6, 6.07) is 12.4. The molecule has 0 aromatic heterocycles. The highest BCUT2D eigenvalue weighted by molar-refractivity contribution is 9.10. The molecule has 0 bridgehead atoms. The molecule has 0 atom stereocenters. The first-order valence-corrected chi connectivity index (χ1v) is 10.1. The van der Waals surface area contributed by atoms with Gasteiger partial charge in [0.25, 0.3) is 0 Å². The molecule has 158 valence electrons. The minimum Gasteiger partial charge on any atom is -0.491 e. The zero-order valence-corrected chi connectivity index (χ0v) is 17.6. The van der Waals surface area contributed by atoms with Gasteiger partial charge in [-0.15, -0.1) is 0 Å². The third-order valence-corrected chi connectivity index (χ3v) is 5.07. The first-order valence-electron chi connectivity index (χ1n) is 9.26. The topological polar surface area (TPSA) is 108 Å². The summed E-state index contributed by atoms with van der Waals surface area (Å²) in [5, 5.41) is 20.6. The molecule has 0 saturated carbocycles. The molecule has 2 aromatic rings. The van der Waals surface area contributed by atoms with Gasteiger partial charge in [-0.2, -0.15) is 0 Å². The summed E-state index contributed by atoms with van der Waals surface area (Å²) in [5.74, 6) is -2.75. The number of fused-ring (bicyclic) bond motifs is 1. The van der Waals surface area contributed by atoms with Crippen LogP contribution < -0.4 is 10.1 Å². The van der Waals surface area contributed by atoms with Crippen molar-refractivity contribution in [3.05, 3.63) is 40.9 Å². The number of carboxylic acids is 2. The van der Waals surface area contributed by atoms with E-state index in [0.717, 1.165) is 56.2 Å². The lowest BCUT2D eigenvalue weighted by Gasteiger charge is -2.26. The molecule has 3 N–H and O–H groups in total. The largest absolute Gasteiger partial charge is 0.491 e. The van der Waals surface area contributed by atoms with Crippen LogP contribution in [-0.4, -0.2) is 79.6 Å². The normalized spacial score (nSPS) is 14.1. The number of rotatable bonds is 7. The van der Waals surface area contributed by atoms with Gasteiger partial charge in [0.1, 0.15) is 12.4 Å². The summed E-state index contributed by atoms with van der Waals surface area (Å²) < 4.78 is 12.3. The Labute approximate surface area is 177 Å². The monoisotopic (exact) mass is 468 g/mol. The lowest BCUT2D eigenvalue weighted by atomic mass is 10.1. The van der Waals surface area contributed by atoms with E-state index in [-0.39, 0.29) is 0 Å². The predicted molar refractivity (Wildman–Crippen MR) is 113 cm³/mol. The Morgan fingerprint density at radius 1 is 1.07 bits per heavy atom. The molecular weight excluding hydrogens is 444 g/mol. The third-order valence-electron chi connectivity index (χ3n) is 4.26. The Morgan fingerprint density at radius 2 is 1.76 bits per heavy atom. The van der Waals surface area contributed by atoms with Crippen molar-refractivity contribution in [1.29, 1.82) is 0 Å². The van der Waals surface area contributed by atoms with E-state index in [1.54, 1.807) is 0 Å². The minimum atomic E-state index is -1.82. The summed E-state index contributed by atoms with van der Waals surface area (Å²) in [6.07, 6.45) is 0. The van der Waals surface area contributed by atoms with E-state index in [9.17, 15) is 0 Å². The highest BCUT2D eigenvalue weighted by Gasteiger charge is 2.09. The molecular formula is C20H25BrN2O6. The van der Waals surface area contributed by atoms with E-state index in [1.807, 2.05) is 18.2 Å². The van der Waals surface area contributed by atoms with Gasteiger partial charge in [-0.3, -0.25) is 4.90 Å². The van der Waals surface area contributed by atoms with Gasteiger partial charge in [0.2, 0.25) is 0 Å². The molecule has 2 aromatic carbocycles. The molecule has 0 unspecified atom stereocenters. The van der Waals surface area contributed by atoms with E-state index >= 15 is 0 Å². The van der Waals surface area contributed by atoms with Crippen molar-refractivity contribution in [1.82, 2.24) is 10.2 Å². The highest BCUT2D eigenvalue weighted by atomic mass is 79.9. The van der Waals surface area contributed by atoms with Gasteiger partial charge in [-0.1, -0.05) is 30.3 Å². The molecule has 1 fully saturated rings. The summed E-state index contributed by atoms with van der Waals surface area (Å²) in [5.41, 5.74) is 0. The molecule has 3 rings (SSSR count). The first-order chi connectivity index (χ1) is 14.0. The Morgan fingerprint density at radius 3 is 2.45 bits per heavy atom. The number of hydrogen-bond donors (Lipinski definition) is 3. The van der Waals surface area contributed by atoms with Crippen LogP contribution in [0.5, 0.6) is 5.75 Å². The van der Waals surface area contributed by atoms with Crippen LogP contribution in [0, 0.1) is 0 Å². The molecule has 1 saturated heterocycles. The van der Waals surface area contributed by atoms with Crippen LogP contribution in [0.25, 0.3) is 10.8 Å². The van der Waals surface area contributed by atoms with Crippen molar-refractivity contribution < 1.29 is 29.3 Å². The molecule has 1 aliphatic heterocycles. The van der Waals surface area contributed by atoms with Crippen molar-refractivity contribution in [2.24, 2.45) is 0 Å². The van der Waals surface area contributed by atoms with Gasteiger partial charge in [0.15, 0.2) is 0 Å². The number of hydrogen-bond acceptors (Lipinski definition) is 6. The van der Waals surface area contributed by atoms with E-state index < -0.39 is 11.9 Å². The van der Waals surface area contributed by atoms with E-state index in [4.69, 9.17) is 29.3 Å². The standard InChI is InChI=1S/C18H23BrN2O2.C2H2O4/c19-18-16-4-2-1-3-15(16)5-6-17(18)23-12-8-20-7-9-21-10-13-22-14-11-21;3-1(4)2(5)6/h1-6,20H,7-14H2;(H,3,4)(H,5,6). The number of carbonyl (C=O) groups is 2. The molecule has 0 aliphatic carbocycles. The zero-order chi connectivity index (χ0) is 21.1. The molecule has 8 nitrogen and oxygen atoms in total.